The van der Waals surface area contributed by atoms with E-state index in [2.05, 4.69) is 24.8 Å². The minimum absolute atomic E-state index is 0.117. The number of carbonyl (C=O) groups excluding carboxylic acids is 1. The summed E-state index contributed by atoms with van der Waals surface area (Å²) in [7, 11) is 1.77. The lowest BCUT2D eigenvalue weighted by molar-refractivity contribution is -0.131. The molecule has 1 saturated heterocycles. The summed E-state index contributed by atoms with van der Waals surface area (Å²) >= 11 is 1.97. The second kappa shape index (κ2) is 6.87. The molecule has 5 heteroatoms. The quantitative estimate of drug-likeness (QED) is 0.757. The predicted octanol–water partition coefficient (Wildman–Crippen LogP) is 1.18. The van der Waals surface area contributed by atoms with Crippen molar-refractivity contribution in [1.29, 1.82) is 5.26 Å². The zero-order valence-electron chi connectivity index (χ0n) is 10.8. The van der Waals surface area contributed by atoms with E-state index in [9.17, 15) is 4.79 Å². The third-order valence-electron chi connectivity index (χ3n) is 3.34. The van der Waals surface area contributed by atoms with Crippen LogP contribution in [-0.4, -0.2) is 59.4 Å². The van der Waals surface area contributed by atoms with Crippen LogP contribution in [0.4, 0.5) is 0 Å². The van der Waals surface area contributed by atoms with Gasteiger partial charge in [0.2, 0.25) is 5.91 Å². The van der Waals surface area contributed by atoms with Crippen LogP contribution in [0, 0.1) is 11.3 Å². The van der Waals surface area contributed by atoms with E-state index in [4.69, 9.17) is 5.26 Å². The average molecular weight is 255 g/mol. The Morgan fingerprint density at radius 2 is 2.29 bits per heavy atom. The van der Waals surface area contributed by atoms with Gasteiger partial charge in [-0.3, -0.25) is 9.69 Å². The number of hydrogen-bond donors (Lipinski definition) is 0. The van der Waals surface area contributed by atoms with Crippen LogP contribution in [0.15, 0.2) is 0 Å². The number of hydrogen-bond acceptors (Lipinski definition) is 4. The van der Waals surface area contributed by atoms with Crippen molar-refractivity contribution < 1.29 is 4.79 Å². The molecule has 1 rings (SSSR count). The molecule has 1 aliphatic rings. The Labute approximate surface area is 108 Å². The zero-order valence-corrected chi connectivity index (χ0v) is 11.7. The summed E-state index contributed by atoms with van der Waals surface area (Å²) in [4.78, 5) is 15.8. The largest absolute Gasteiger partial charge is 0.344 e. The van der Waals surface area contributed by atoms with Crippen LogP contribution in [-0.2, 0) is 4.79 Å². The Bertz CT molecular complexity index is 303. The Balaban J connectivity index is 2.42. The summed E-state index contributed by atoms with van der Waals surface area (Å²) in [5, 5.41) is 9.08. The molecular formula is C12H21N3OS. The SMILES string of the molecule is CC1SCCN(CC(=O)N(C)CCC#N)C1C. The molecule has 0 saturated carbocycles. The first kappa shape index (κ1) is 14.3. The van der Waals surface area contributed by atoms with Crippen LogP contribution in [0.1, 0.15) is 20.3 Å². The zero-order chi connectivity index (χ0) is 12.8. The van der Waals surface area contributed by atoms with E-state index in [0.717, 1.165) is 12.3 Å². The van der Waals surface area contributed by atoms with Gasteiger partial charge in [0.15, 0.2) is 0 Å². The topological polar surface area (TPSA) is 47.3 Å². The number of thioether (sulfide) groups is 1. The van der Waals surface area contributed by atoms with E-state index in [0.29, 0.717) is 30.8 Å². The highest BCUT2D eigenvalue weighted by molar-refractivity contribution is 8.00. The van der Waals surface area contributed by atoms with E-state index in [1.807, 2.05) is 11.8 Å². The normalized spacial score (nSPS) is 25.3. The van der Waals surface area contributed by atoms with Crippen molar-refractivity contribution in [2.75, 3.05) is 32.4 Å². The predicted molar refractivity (Wildman–Crippen MR) is 70.8 cm³/mol. The lowest BCUT2D eigenvalue weighted by atomic mass is 10.2. The summed E-state index contributed by atoms with van der Waals surface area (Å²) in [6.45, 7) is 6.38. The maximum Gasteiger partial charge on any atom is 0.236 e. The lowest BCUT2D eigenvalue weighted by Gasteiger charge is -2.37. The Kier molecular flexibility index (Phi) is 5.79. The molecule has 0 bridgehead atoms. The molecule has 0 aromatic heterocycles. The molecule has 0 N–H and O–H groups in total. The van der Waals surface area contributed by atoms with Gasteiger partial charge in [0.1, 0.15) is 0 Å². The number of amides is 1. The van der Waals surface area contributed by atoms with Crippen LogP contribution in [0.3, 0.4) is 0 Å². The highest BCUT2D eigenvalue weighted by Gasteiger charge is 2.27. The molecule has 0 aromatic carbocycles. The molecule has 1 heterocycles. The Morgan fingerprint density at radius 1 is 1.59 bits per heavy atom. The summed E-state index contributed by atoms with van der Waals surface area (Å²) in [5.74, 6) is 1.21. The number of likely N-dealkylation sites (N-methyl/N-ethyl adjacent to an activating group) is 1. The molecule has 1 amide bonds. The van der Waals surface area contributed by atoms with Crippen molar-refractivity contribution in [3.8, 4) is 6.07 Å². The average Bonchev–Trinajstić information content (AvgIpc) is 2.31. The van der Waals surface area contributed by atoms with Crippen molar-refractivity contribution in [3.63, 3.8) is 0 Å². The van der Waals surface area contributed by atoms with Gasteiger partial charge in [-0.1, -0.05) is 6.92 Å². The molecule has 0 aliphatic carbocycles. The van der Waals surface area contributed by atoms with Gasteiger partial charge in [-0.2, -0.15) is 17.0 Å². The fraction of sp³-hybridized carbons (Fsp3) is 0.833. The first-order valence-corrected chi connectivity index (χ1v) is 7.07. The number of nitriles is 1. The molecule has 2 unspecified atom stereocenters. The molecule has 96 valence electrons. The third-order valence-corrected chi connectivity index (χ3v) is 4.68. The molecule has 4 nitrogen and oxygen atoms in total. The van der Waals surface area contributed by atoms with E-state index in [-0.39, 0.29) is 5.91 Å². The molecule has 0 aromatic rings. The van der Waals surface area contributed by atoms with Crippen LogP contribution < -0.4 is 0 Å². The number of nitrogens with zero attached hydrogens (tertiary/aromatic N) is 3. The van der Waals surface area contributed by atoms with Crippen molar-refractivity contribution in [1.82, 2.24) is 9.80 Å². The fourth-order valence-corrected chi connectivity index (χ4v) is 3.02. The maximum atomic E-state index is 11.9. The van der Waals surface area contributed by atoms with E-state index in [1.165, 1.54) is 0 Å². The van der Waals surface area contributed by atoms with Crippen LogP contribution in [0.25, 0.3) is 0 Å². The summed E-state index contributed by atoms with van der Waals surface area (Å²) < 4.78 is 0. The third kappa shape index (κ3) is 4.21. The minimum atomic E-state index is 0.117. The second-order valence-corrected chi connectivity index (χ2v) is 6.00. The number of carbonyl (C=O) groups is 1. The maximum absolute atomic E-state index is 11.9. The van der Waals surface area contributed by atoms with Crippen LogP contribution in [0.2, 0.25) is 0 Å². The number of rotatable bonds is 4. The van der Waals surface area contributed by atoms with Gasteiger partial charge in [0.25, 0.3) is 0 Å². The van der Waals surface area contributed by atoms with Gasteiger partial charge >= 0.3 is 0 Å². The van der Waals surface area contributed by atoms with Crippen LogP contribution >= 0.6 is 11.8 Å². The summed E-state index contributed by atoms with van der Waals surface area (Å²) in [5.41, 5.74) is 0. The van der Waals surface area contributed by atoms with Gasteiger partial charge in [-0.05, 0) is 6.92 Å². The molecular weight excluding hydrogens is 234 g/mol. The van der Waals surface area contributed by atoms with E-state index < -0.39 is 0 Å². The van der Waals surface area contributed by atoms with Gasteiger partial charge in [0, 0.05) is 37.2 Å². The molecule has 1 fully saturated rings. The molecule has 1 aliphatic heterocycles. The Hall–Kier alpha value is -0.730. The van der Waals surface area contributed by atoms with Crippen LogP contribution in [0.5, 0.6) is 0 Å². The monoisotopic (exact) mass is 255 g/mol. The molecule has 17 heavy (non-hydrogen) atoms. The van der Waals surface area contributed by atoms with E-state index in [1.54, 1.807) is 11.9 Å². The lowest BCUT2D eigenvalue weighted by Crippen LogP contribution is -2.49. The summed E-state index contributed by atoms with van der Waals surface area (Å²) in [6.07, 6.45) is 0.407. The molecule has 2 atom stereocenters. The summed E-state index contributed by atoms with van der Waals surface area (Å²) in [6, 6.07) is 2.51. The van der Waals surface area contributed by atoms with Gasteiger partial charge in [-0.25, -0.2) is 0 Å². The minimum Gasteiger partial charge on any atom is -0.344 e. The fourth-order valence-electron chi connectivity index (χ4n) is 1.86. The van der Waals surface area contributed by atoms with E-state index >= 15 is 0 Å². The second-order valence-electron chi connectivity index (χ2n) is 4.51. The van der Waals surface area contributed by atoms with Gasteiger partial charge in [-0.15, -0.1) is 0 Å². The first-order valence-electron chi connectivity index (χ1n) is 6.02. The van der Waals surface area contributed by atoms with Crippen molar-refractivity contribution in [2.24, 2.45) is 0 Å². The molecule has 0 radical (unpaired) electrons. The standard InChI is InChI=1S/C12H21N3OS/c1-10-11(2)17-8-7-15(10)9-12(16)14(3)6-4-5-13/h10-11H,4,6-9H2,1-3H3. The van der Waals surface area contributed by atoms with Crippen molar-refractivity contribution in [3.05, 3.63) is 0 Å². The molecule has 0 spiro atoms. The van der Waals surface area contributed by atoms with Crippen molar-refractivity contribution >= 4 is 17.7 Å². The van der Waals surface area contributed by atoms with Crippen molar-refractivity contribution in [2.45, 2.75) is 31.6 Å². The highest BCUT2D eigenvalue weighted by atomic mass is 32.2. The first-order chi connectivity index (χ1) is 8.06. The smallest absolute Gasteiger partial charge is 0.236 e. The highest BCUT2D eigenvalue weighted by Crippen LogP contribution is 2.23. The Morgan fingerprint density at radius 3 is 2.94 bits per heavy atom. The van der Waals surface area contributed by atoms with Gasteiger partial charge < -0.3 is 4.90 Å². The van der Waals surface area contributed by atoms with Gasteiger partial charge in [0.05, 0.1) is 19.0 Å².